The maximum atomic E-state index is 5.89. The van der Waals surface area contributed by atoms with Gasteiger partial charge in [-0.25, -0.2) is 4.98 Å². The molecule has 0 amide bonds. The Labute approximate surface area is 156 Å². The van der Waals surface area contributed by atoms with Crippen molar-refractivity contribution < 1.29 is 13.9 Å². The van der Waals surface area contributed by atoms with E-state index in [9.17, 15) is 0 Å². The molecule has 6 nitrogen and oxygen atoms in total. The van der Waals surface area contributed by atoms with Gasteiger partial charge in [-0.05, 0) is 35.0 Å². The highest BCUT2D eigenvalue weighted by atomic mass is 79.9. The van der Waals surface area contributed by atoms with Crippen molar-refractivity contribution in [2.24, 2.45) is 0 Å². The Kier molecular flexibility index (Phi) is 6.09. The molecule has 3 heterocycles. The molecule has 25 heavy (non-hydrogen) atoms. The normalized spacial score (nSPS) is 18.7. The molecule has 1 aliphatic rings. The number of ether oxygens (including phenoxy) is 2. The van der Waals surface area contributed by atoms with E-state index in [-0.39, 0.29) is 12.0 Å². The zero-order valence-electron chi connectivity index (χ0n) is 14.9. The molecular weight excluding hydrogens is 386 g/mol. The molecule has 1 atom stereocenters. The average molecular weight is 410 g/mol. The van der Waals surface area contributed by atoms with Crippen molar-refractivity contribution >= 4 is 15.9 Å². The molecule has 7 heteroatoms. The third kappa shape index (κ3) is 5.26. The molecule has 0 saturated carbocycles. The molecule has 0 aliphatic carbocycles. The molecule has 0 bridgehead atoms. The molecule has 0 spiro atoms. The molecule has 136 valence electrons. The van der Waals surface area contributed by atoms with Crippen LogP contribution in [-0.2, 0) is 11.3 Å². The Balaban J connectivity index is 1.54. The minimum Gasteiger partial charge on any atom is -0.475 e. The second kappa shape index (κ2) is 8.29. The van der Waals surface area contributed by atoms with Crippen molar-refractivity contribution in [1.82, 2.24) is 14.9 Å². The van der Waals surface area contributed by atoms with E-state index in [2.05, 4.69) is 44.6 Å². The summed E-state index contributed by atoms with van der Waals surface area (Å²) >= 11 is 3.34. The summed E-state index contributed by atoms with van der Waals surface area (Å²) in [7, 11) is 0. The third-order valence-corrected chi connectivity index (χ3v) is 4.44. The Morgan fingerprint density at radius 2 is 2.20 bits per heavy atom. The van der Waals surface area contributed by atoms with Crippen LogP contribution in [0.25, 0.3) is 0 Å². The standard InChI is InChI=1S/C18H24BrN3O3/c1-12(2)18-20-13(3)8-17(21-18)24-11-15-10-22(6-7-23-15)9-14-4-5-16(19)25-14/h4-5,8,12,15H,6-7,9-11H2,1-3H3. The molecule has 0 aromatic carbocycles. The molecule has 3 rings (SSSR count). The first kappa shape index (κ1) is 18.4. The molecule has 1 fully saturated rings. The Bertz CT molecular complexity index is 705. The second-order valence-corrected chi connectivity index (χ2v) is 7.39. The van der Waals surface area contributed by atoms with Gasteiger partial charge in [-0.1, -0.05) is 13.8 Å². The van der Waals surface area contributed by atoms with Crippen LogP contribution < -0.4 is 4.74 Å². The largest absolute Gasteiger partial charge is 0.475 e. The fourth-order valence-electron chi connectivity index (χ4n) is 2.75. The number of morpholine rings is 1. The molecule has 0 N–H and O–H groups in total. The Morgan fingerprint density at radius 3 is 2.92 bits per heavy atom. The van der Waals surface area contributed by atoms with Crippen LogP contribution in [0.3, 0.4) is 0 Å². The maximum absolute atomic E-state index is 5.89. The first-order valence-electron chi connectivity index (χ1n) is 8.56. The first-order valence-corrected chi connectivity index (χ1v) is 9.35. The van der Waals surface area contributed by atoms with E-state index >= 15 is 0 Å². The molecular formula is C18H24BrN3O3. The minimum atomic E-state index is 0.0184. The fourth-order valence-corrected chi connectivity index (χ4v) is 3.09. The van der Waals surface area contributed by atoms with E-state index < -0.39 is 0 Å². The number of hydrogen-bond donors (Lipinski definition) is 0. The van der Waals surface area contributed by atoms with Gasteiger partial charge >= 0.3 is 0 Å². The highest BCUT2D eigenvalue weighted by molar-refractivity contribution is 9.10. The summed E-state index contributed by atoms with van der Waals surface area (Å²) < 4.78 is 18.1. The molecule has 2 aromatic rings. The van der Waals surface area contributed by atoms with E-state index in [1.807, 2.05) is 25.1 Å². The molecule has 0 radical (unpaired) electrons. The number of nitrogens with zero attached hydrogens (tertiary/aromatic N) is 3. The van der Waals surface area contributed by atoms with Gasteiger partial charge in [0.15, 0.2) is 4.67 Å². The predicted octanol–water partition coefficient (Wildman–Crippen LogP) is 3.54. The summed E-state index contributed by atoms with van der Waals surface area (Å²) in [6.45, 7) is 9.75. The lowest BCUT2D eigenvalue weighted by Gasteiger charge is -2.32. The predicted molar refractivity (Wildman–Crippen MR) is 97.8 cm³/mol. The topological polar surface area (TPSA) is 60.6 Å². The first-order chi connectivity index (χ1) is 12.0. The van der Waals surface area contributed by atoms with Crippen LogP contribution in [0.2, 0.25) is 0 Å². The maximum Gasteiger partial charge on any atom is 0.216 e. The number of halogens is 1. The lowest BCUT2D eigenvalue weighted by Crippen LogP contribution is -2.44. The summed E-state index contributed by atoms with van der Waals surface area (Å²) in [6, 6.07) is 5.77. The van der Waals surface area contributed by atoms with Crippen LogP contribution in [0.15, 0.2) is 27.3 Å². The number of hydrogen-bond acceptors (Lipinski definition) is 6. The summed E-state index contributed by atoms with van der Waals surface area (Å²) in [4.78, 5) is 11.2. The SMILES string of the molecule is Cc1cc(OCC2CN(Cc3ccc(Br)o3)CCO2)nc(C(C)C)n1. The Morgan fingerprint density at radius 1 is 1.36 bits per heavy atom. The Hall–Kier alpha value is -1.44. The summed E-state index contributed by atoms with van der Waals surface area (Å²) in [5.41, 5.74) is 0.920. The molecule has 1 saturated heterocycles. The molecule has 1 aliphatic heterocycles. The van der Waals surface area contributed by atoms with E-state index in [1.54, 1.807) is 0 Å². The minimum absolute atomic E-state index is 0.0184. The number of rotatable bonds is 6. The van der Waals surface area contributed by atoms with Gasteiger partial charge in [0.05, 0.1) is 13.2 Å². The van der Waals surface area contributed by atoms with Crippen molar-refractivity contribution in [2.45, 2.75) is 39.3 Å². The summed E-state index contributed by atoms with van der Waals surface area (Å²) in [5, 5.41) is 0. The number of furan rings is 1. The van der Waals surface area contributed by atoms with Gasteiger partial charge < -0.3 is 13.9 Å². The van der Waals surface area contributed by atoms with Crippen LogP contribution in [0, 0.1) is 6.92 Å². The van der Waals surface area contributed by atoms with Crippen molar-refractivity contribution in [3.63, 3.8) is 0 Å². The van der Waals surface area contributed by atoms with Gasteiger partial charge in [0.2, 0.25) is 5.88 Å². The zero-order chi connectivity index (χ0) is 17.8. The van der Waals surface area contributed by atoms with Crippen LogP contribution in [0.4, 0.5) is 0 Å². The van der Waals surface area contributed by atoms with Crippen LogP contribution in [0.5, 0.6) is 5.88 Å². The van der Waals surface area contributed by atoms with Gasteiger partial charge in [-0.15, -0.1) is 0 Å². The quantitative estimate of drug-likeness (QED) is 0.726. The molecule has 1 unspecified atom stereocenters. The van der Waals surface area contributed by atoms with Crippen molar-refractivity contribution in [2.75, 3.05) is 26.3 Å². The van der Waals surface area contributed by atoms with Crippen molar-refractivity contribution in [3.05, 3.63) is 40.1 Å². The van der Waals surface area contributed by atoms with Crippen LogP contribution in [-0.4, -0.2) is 47.3 Å². The van der Waals surface area contributed by atoms with Gasteiger partial charge in [0.1, 0.15) is 24.3 Å². The summed E-state index contributed by atoms with van der Waals surface area (Å²) in [5.74, 6) is 2.65. The van der Waals surface area contributed by atoms with E-state index in [0.29, 0.717) is 19.1 Å². The average Bonchev–Trinajstić information content (AvgIpc) is 2.98. The van der Waals surface area contributed by atoms with Gasteiger partial charge in [0.25, 0.3) is 0 Å². The van der Waals surface area contributed by atoms with Crippen LogP contribution in [0.1, 0.15) is 37.0 Å². The van der Waals surface area contributed by atoms with E-state index in [0.717, 1.165) is 41.6 Å². The second-order valence-electron chi connectivity index (χ2n) is 6.61. The fraction of sp³-hybridized carbons (Fsp3) is 0.556. The highest BCUT2D eigenvalue weighted by Gasteiger charge is 2.22. The van der Waals surface area contributed by atoms with E-state index in [1.165, 1.54) is 0 Å². The van der Waals surface area contributed by atoms with Gasteiger partial charge in [-0.2, -0.15) is 4.98 Å². The summed E-state index contributed by atoms with van der Waals surface area (Å²) in [6.07, 6.45) is 0.0184. The van der Waals surface area contributed by atoms with Crippen molar-refractivity contribution in [3.8, 4) is 5.88 Å². The number of aromatic nitrogens is 2. The number of aryl methyl sites for hydroxylation is 1. The highest BCUT2D eigenvalue weighted by Crippen LogP contribution is 2.18. The van der Waals surface area contributed by atoms with Crippen molar-refractivity contribution in [1.29, 1.82) is 0 Å². The third-order valence-electron chi connectivity index (χ3n) is 4.01. The molecule has 2 aromatic heterocycles. The lowest BCUT2D eigenvalue weighted by molar-refractivity contribution is -0.0525. The monoisotopic (exact) mass is 409 g/mol. The van der Waals surface area contributed by atoms with E-state index in [4.69, 9.17) is 13.9 Å². The van der Waals surface area contributed by atoms with Gasteiger partial charge in [-0.3, -0.25) is 4.90 Å². The van der Waals surface area contributed by atoms with Gasteiger partial charge in [0, 0.05) is 30.8 Å². The smallest absolute Gasteiger partial charge is 0.216 e. The zero-order valence-corrected chi connectivity index (χ0v) is 16.5. The lowest BCUT2D eigenvalue weighted by atomic mass is 10.2. The van der Waals surface area contributed by atoms with Crippen LogP contribution >= 0.6 is 15.9 Å².